The van der Waals surface area contributed by atoms with Crippen LogP contribution in [0.4, 0.5) is 0 Å². The van der Waals surface area contributed by atoms with Crippen LogP contribution in [0.3, 0.4) is 0 Å². The quantitative estimate of drug-likeness (QED) is 0.544. The fourth-order valence-corrected chi connectivity index (χ4v) is 0.545. The van der Waals surface area contributed by atoms with E-state index in [2.05, 4.69) is 41.5 Å². The van der Waals surface area contributed by atoms with Gasteiger partial charge in [-0.2, -0.15) is 9.68 Å². The van der Waals surface area contributed by atoms with Crippen LogP contribution < -0.4 is 0 Å². The van der Waals surface area contributed by atoms with Crippen molar-refractivity contribution in [2.24, 2.45) is 0 Å². The normalized spacial score (nSPS) is 9.00. The molecule has 0 heterocycles. The molecule has 0 saturated carbocycles. The lowest BCUT2D eigenvalue weighted by atomic mass is 10.9. The third-order valence-electron chi connectivity index (χ3n) is 0.548. The van der Waals surface area contributed by atoms with E-state index >= 15 is 0 Å². The lowest BCUT2D eigenvalue weighted by Gasteiger charge is -1.88. The van der Waals surface area contributed by atoms with Crippen molar-refractivity contribution in [3.63, 3.8) is 0 Å². The molecule has 0 aliphatic carbocycles. The molecular formula is C4H8Br2NO3+. The van der Waals surface area contributed by atoms with E-state index < -0.39 is 0 Å². The van der Waals surface area contributed by atoms with E-state index in [1.165, 1.54) is 0 Å². The van der Waals surface area contributed by atoms with Crippen molar-refractivity contribution < 1.29 is 14.8 Å². The fourth-order valence-electron chi connectivity index (χ4n) is 0.255. The first-order valence-electron chi connectivity index (χ1n) is 2.66. The Morgan fingerprint density at radius 2 is 1.50 bits per heavy atom. The molecular weight excluding hydrogens is 270 g/mol. The molecule has 0 aromatic rings. The molecule has 60 valence electrons. The maximum absolute atomic E-state index is 10.4. The van der Waals surface area contributed by atoms with Crippen molar-refractivity contribution in [1.29, 1.82) is 0 Å². The Bertz CT molecular complexity index is 90.5. The summed E-state index contributed by atoms with van der Waals surface area (Å²) in [7, 11) is 0. The molecule has 0 unspecified atom stereocenters. The molecule has 0 aliphatic heterocycles. The summed E-state index contributed by atoms with van der Waals surface area (Å²) in [5.41, 5.74) is 0. The predicted molar refractivity (Wildman–Crippen MR) is 43.1 cm³/mol. The summed E-state index contributed by atoms with van der Waals surface area (Å²) in [5.74, 6) is 0. The van der Waals surface area contributed by atoms with Crippen molar-refractivity contribution in [1.82, 2.24) is 0 Å². The molecule has 0 atom stereocenters. The second-order valence-corrected chi connectivity index (χ2v) is 2.85. The van der Waals surface area contributed by atoms with Crippen LogP contribution in [0.15, 0.2) is 0 Å². The molecule has 0 amide bonds. The molecule has 4 nitrogen and oxygen atoms in total. The van der Waals surface area contributed by atoms with Crippen LogP contribution >= 0.6 is 31.9 Å². The monoisotopic (exact) mass is 276 g/mol. The van der Waals surface area contributed by atoms with Gasteiger partial charge in [0.1, 0.15) is 4.91 Å². The fraction of sp³-hybridized carbons (Fsp3) is 1.00. The van der Waals surface area contributed by atoms with Crippen molar-refractivity contribution in [3.8, 4) is 0 Å². The number of hydrogen-bond donors (Lipinski definition) is 0. The summed E-state index contributed by atoms with van der Waals surface area (Å²) >= 11 is 6.18. The van der Waals surface area contributed by atoms with Crippen molar-refractivity contribution in [2.75, 3.05) is 23.9 Å². The average Bonchev–Trinajstić information content (AvgIpc) is 1.97. The molecule has 0 aliphatic rings. The lowest BCUT2D eigenvalue weighted by molar-refractivity contribution is -0.980. The maximum Gasteiger partial charge on any atom is 0.477 e. The van der Waals surface area contributed by atoms with Gasteiger partial charge in [0, 0.05) is 10.7 Å². The predicted octanol–water partition coefficient (Wildman–Crippen LogP) is 1.42. The van der Waals surface area contributed by atoms with Gasteiger partial charge in [-0.25, -0.2) is 0 Å². The summed E-state index contributed by atoms with van der Waals surface area (Å²) in [4.78, 5) is 19.4. The number of nitrogens with zero attached hydrogens (tertiary/aromatic N) is 1. The molecule has 0 aromatic carbocycles. The number of hydrogen-bond acceptors (Lipinski definition) is 3. The Morgan fingerprint density at radius 3 is 1.80 bits per heavy atom. The van der Waals surface area contributed by atoms with Gasteiger partial charge in [0.25, 0.3) is 0 Å². The van der Waals surface area contributed by atoms with Gasteiger partial charge >= 0.3 is 5.09 Å². The van der Waals surface area contributed by atoms with Gasteiger partial charge in [-0.1, -0.05) is 31.9 Å². The van der Waals surface area contributed by atoms with Gasteiger partial charge in [0.15, 0.2) is 13.2 Å². The van der Waals surface area contributed by atoms with Gasteiger partial charge < -0.3 is 0 Å². The topological polar surface area (TPSA) is 38.5 Å². The van der Waals surface area contributed by atoms with E-state index in [0.717, 1.165) is 0 Å². The molecule has 0 aromatic heterocycles. The molecule has 0 rings (SSSR count). The number of halogens is 2. The molecule has 6 heteroatoms. The zero-order valence-electron chi connectivity index (χ0n) is 5.26. The highest BCUT2D eigenvalue weighted by Gasteiger charge is 2.09. The van der Waals surface area contributed by atoms with Crippen LogP contribution in [-0.4, -0.2) is 29.0 Å². The molecule has 0 fully saturated rings. The summed E-state index contributed by atoms with van der Waals surface area (Å²) in [5, 5.41) is 1.34. The van der Waals surface area contributed by atoms with Crippen LogP contribution in [0.1, 0.15) is 0 Å². The first kappa shape index (κ1) is 10.2. The molecule has 10 heavy (non-hydrogen) atoms. The van der Waals surface area contributed by atoms with E-state index in [0.29, 0.717) is 23.9 Å². The van der Waals surface area contributed by atoms with Gasteiger partial charge in [0.2, 0.25) is 0 Å². The molecule has 0 spiro atoms. The Balaban J connectivity index is 3.09. The van der Waals surface area contributed by atoms with Gasteiger partial charge in [0.05, 0.1) is 0 Å². The molecule has 0 saturated heterocycles. The van der Waals surface area contributed by atoms with E-state index in [1.807, 2.05) is 0 Å². The molecule has 0 radical (unpaired) electrons. The molecule has 0 bridgehead atoms. The summed E-state index contributed by atoms with van der Waals surface area (Å²) in [6.07, 6.45) is 0. The minimum Gasteiger partial charge on any atom is -0.186 e. The number of rotatable bonds is 6. The van der Waals surface area contributed by atoms with Crippen molar-refractivity contribution in [2.45, 2.75) is 0 Å². The van der Waals surface area contributed by atoms with E-state index in [-0.39, 0.29) is 5.09 Å². The smallest absolute Gasteiger partial charge is 0.186 e. The van der Waals surface area contributed by atoms with E-state index in [4.69, 9.17) is 0 Å². The maximum atomic E-state index is 10.4. The highest BCUT2D eigenvalue weighted by molar-refractivity contribution is 9.09. The van der Waals surface area contributed by atoms with Crippen LogP contribution in [0, 0.1) is 4.91 Å². The highest BCUT2D eigenvalue weighted by atomic mass is 79.9. The largest absolute Gasteiger partial charge is 0.477 e. The van der Waals surface area contributed by atoms with Crippen molar-refractivity contribution >= 4 is 31.9 Å². The summed E-state index contributed by atoms with van der Waals surface area (Å²) < 4.78 is 0. The third kappa shape index (κ3) is 6.28. The van der Waals surface area contributed by atoms with E-state index in [9.17, 15) is 4.91 Å². The standard InChI is InChI=1S/C4H8Br2NO3/c5-1-3-9-7(8)10-4-2-6/h1-4H2/q+1. The minimum absolute atomic E-state index is 0.114. The Morgan fingerprint density at radius 1 is 1.10 bits per heavy atom. The van der Waals surface area contributed by atoms with Crippen molar-refractivity contribution in [3.05, 3.63) is 4.91 Å². The SMILES string of the molecule is O=[N+](OCCBr)OCCBr. The Labute approximate surface area is 75.6 Å². The minimum atomic E-state index is 0.114. The van der Waals surface area contributed by atoms with Gasteiger partial charge in [-0.3, -0.25) is 0 Å². The average molecular weight is 278 g/mol. The Kier molecular flexibility index (Phi) is 7.39. The first-order chi connectivity index (χ1) is 4.81. The zero-order valence-corrected chi connectivity index (χ0v) is 8.43. The van der Waals surface area contributed by atoms with Crippen LogP contribution in [-0.2, 0) is 9.68 Å². The van der Waals surface area contributed by atoms with Crippen LogP contribution in [0.25, 0.3) is 0 Å². The van der Waals surface area contributed by atoms with Crippen LogP contribution in [0.5, 0.6) is 0 Å². The second-order valence-electron chi connectivity index (χ2n) is 1.27. The van der Waals surface area contributed by atoms with Gasteiger partial charge in [-0.15, -0.1) is 0 Å². The Hall–Kier alpha value is 0.160. The second kappa shape index (κ2) is 7.27. The third-order valence-corrected chi connectivity index (χ3v) is 1.20. The molecule has 0 N–H and O–H groups in total. The lowest BCUT2D eigenvalue weighted by Crippen LogP contribution is -2.13. The van der Waals surface area contributed by atoms with E-state index in [1.54, 1.807) is 0 Å². The zero-order chi connectivity index (χ0) is 7.82. The first-order valence-corrected chi connectivity index (χ1v) is 4.90. The summed E-state index contributed by atoms with van der Waals surface area (Å²) in [6.45, 7) is 0.623. The van der Waals surface area contributed by atoms with Gasteiger partial charge in [-0.05, 0) is 0 Å². The highest BCUT2D eigenvalue weighted by Crippen LogP contribution is 1.86. The summed E-state index contributed by atoms with van der Waals surface area (Å²) in [6, 6.07) is 0. The number of alkyl halides is 2. The van der Waals surface area contributed by atoms with Crippen LogP contribution in [0.2, 0.25) is 0 Å².